The Morgan fingerprint density at radius 1 is 1.20 bits per heavy atom. The first-order chi connectivity index (χ1) is 11.9. The third-order valence-corrected chi connectivity index (χ3v) is 3.64. The molecule has 0 radical (unpaired) electrons. The average molecular weight is 362 g/mol. The van der Waals surface area contributed by atoms with Crippen molar-refractivity contribution in [1.29, 1.82) is 0 Å². The number of nitrogens with one attached hydrogen (secondary N) is 1. The van der Waals surface area contributed by atoms with Crippen LogP contribution in [-0.4, -0.2) is 28.9 Å². The second-order valence-corrected chi connectivity index (χ2v) is 5.40. The zero-order chi connectivity index (χ0) is 18.4. The molecular weight excluding hydrogens is 346 g/mol. The van der Waals surface area contributed by atoms with Gasteiger partial charge in [0, 0.05) is 6.20 Å². The molecule has 7 nitrogen and oxygen atoms in total. The van der Waals surface area contributed by atoms with E-state index in [1.165, 1.54) is 30.5 Å². The fraction of sp³-hybridized carbons (Fsp3) is 0.176. The van der Waals surface area contributed by atoms with E-state index in [2.05, 4.69) is 10.3 Å². The van der Waals surface area contributed by atoms with Crippen molar-refractivity contribution < 1.29 is 19.1 Å². The van der Waals surface area contributed by atoms with Crippen LogP contribution < -0.4 is 11.1 Å². The molecule has 2 rings (SSSR count). The average Bonchev–Trinajstić information content (AvgIpc) is 2.60. The Bertz CT molecular complexity index is 810. The van der Waals surface area contributed by atoms with Crippen LogP contribution in [0.2, 0.25) is 5.15 Å². The van der Waals surface area contributed by atoms with Crippen LogP contribution in [0, 0.1) is 0 Å². The normalized spacial score (nSPS) is 11.4. The number of ether oxygens (including phenoxy) is 1. The number of nitrogens with zero attached hydrogens (tertiary/aromatic N) is 1. The summed E-state index contributed by atoms with van der Waals surface area (Å²) in [6.07, 6.45) is 0.600. The molecule has 0 aliphatic heterocycles. The summed E-state index contributed by atoms with van der Waals surface area (Å²) in [4.78, 5) is 39.7. The number of amides is 2. The lowest BCUT2D eigenvalue weighted by Crippen LogP contribution is -2.33. The van der Waals surface area contributed by atoms with Crippen LogP contribution in [0.15, 0.2) is 42.6 Å². The monoisotopic (exact) mass is 361 g/mol. The summed E-state index contributed by atoms with van der Waals surface area (Å²) in [7, 11) is 0. The Kier molecular flexibility index (Phi) is 6.08. The number of hydrogen-bond acceptors (Lipinski definition) is 5. The smallest absolute Gasteiger partial charge is 0.342 e. The highest BCUT2D eigenvalue weighted by Crippen LogP contribution is 2.17. The molecule has 0 saturated heterocycles. The van der Waals surface area contributed by atoms with Gasteiger partial charge < -0.3 is 15.8 Å². The maximum atomic E-state index is 12.4. The van der Waals surface area contributed by atoms with Crippen LogP contribution in [0.1, 0.15) is 34.1 Å². The maximum Gasteiger partial charge on any atom is 0.342 e. The van der Waals surface area contributed by atoms with Crippen molar-refractivity contribution in [3.63, 3.8) is 0 Å². The molecule has 0 fully saturated rings. The molecule has 0 saturated carbocycles. The largest absolute Gasteiger partial charge is 0.449 e. The van der Waals surface area contributed by atoms with Gasteiger partial charge in [0.2, 0.25) is 0 Å². The van der Waals surface area contributed by atoms with E-state index in [0.29, 0.717) is 0 Å². The molecule has 0 aliphatic carbocycles. The molecule has 1 atom stereocenters. The van der Waals surface area contributed by atoms with Gasteiger partial charge in [-0.25, -0.2) is 9.78 Å². The predicted octanol–water partition coefficient (Wildman–Crippen LogP) is 2.41. The second kappa shape index (κ2) is 8.25. The van der Waals surface area contributed by atoms with Crippen LogP contribution in [0.5, 0.6) is 0 Å². The zero-order valence-electron chi connectivity index (χ0n) is 13.4. The van der Waals surface area contributed by atoms with E-state index in [0.717, 1.165) is 0 Å². The van der Waals surface area contributed by atoms with Gasteiger partial charge in [-0.1, -0.05) is 30.7 Å². The molecule has 0 bridgehead atoms. The highest BCUT2D eigenvalue weighted by Gasteiger charge is 2.24. The maximum absolute atomic E-state index is 12.4. The van der Waals surface area contributed by atoms with Crippen LogP contribution >= 0.6 is 11.6 Å². The van der Waals surface area contributed by atoms with Crippen molar-refractivity contribution in [2.75, 3.05) is 5.32 Å². The Labute approximate surface area is 149 Å². The van der Waals surface area contributed by atoms with E-state index in [1.807, 2.05) is 0 Å². The lowest BCUT2D eigenvalue weighted by atomic mass is 10.1. The van der Waals surface area contributed by atoms with Crippen LogP contribution in [0.4, 0.5) is 5.69 Å². The van der Waals surface area contributed by atoms with Gasteiger partial charge in [0.15, 0.2) is 6.10 Å². The zero-order valence-corrected chi connectivity index (χ0v) is 14.1. The van der Waals surface area contributed by atoms with Gasteiger partial charge in [0.05, 0.1) is 16.8 Å². The van der Waals surface area contributed by atoms with Crippen molar-refractivity contribution in [3.8, 4) is 0 Å². The quantitative estimate of drug-likeness (QED) is 0.606. The van der Waals surface area contributed by atoms with Gasteiger partial charge >= 0.3 is 5.97 Å². The summed E-state index contributed by atoms with van der Waals surface area (Å²) in [5.74, 6) is -2.02. The summed E-state index contributed by atoms with van der Waals surface area (Å²) >= 11 is 5.85. The number of carbonyl (C=O) groups is 3. The minimum Gasteiger partial charge on any atom is -0.449 e. The van der Waals surface area contributed by atoms with E-state index in [9.17, 15) is 14.4 Å². The van der Waals surface area contributed by atoms with Crippen molar-refractivity contribution in [2.24, 2.45) is 5.73 Å². The van der Waals surface area contributed by atoms with Gasteiger partial charge in [-0.05, 0) is 30.7 Å². The number of esters is 1. The van der Waals surface area contributed by atoms with Gasteiger partial charge in [-0.15, -0.1) is 0 Å². The molecule has 1 unspecified atom stereocenters. The number of hydrogen-bond donors (Lipinski definition) is 2. The topological polar surface area (TPSA) is 111 Å². The predicted molar refractivity (Wildman–Crippen MR) is 92.3 cm³/mol. The van der Waals surface area contributed by atoms with E-state index in [-0.39, 0.29) is 28.4 Å². The molecule has 2 amide bonds. The van der Waals surface area contributed by atoms with E-state index in [1.54, 1.807) is 19.1 Å². The molecule has 25 heavy (non-hydrogen) atoms. The molecule has 3 N–H and O–H groups in total. The number of nitrogens with two attached hydrogens (primary N) is 1. The van der Waals surface area contributed by atoms with E-state index >= 15 is 0 Å². The molecule has 0 spiro atoms. The Hall–Kier alpha value is -2.93. The molecule has 1 aromatic heterocycles. The SMILES string of the molecule is CCC(OC(=O)c1cccnc1Cl)C(=O)Nc1ccccc1C(N)=O. The van der Waals surface area contributed by atoms with E-state index in [4.69, 9.17) is 22.1 Å². The van der Waals surface area contributed by atoms with Gasteiger partial charge in [-0.2, -0.15) is 0 Å². The van der Waals surface area contributed by atoms with Gasteiger partial charge in [0.1, 0.15) is 5.15 Å². The summed E-state index contributed by atoms with van der Waals surface area (Å²) in [6.45, 7) is 1.68. The third kappa shape index (κ3) is 4.54. The highest BCUT2D eigenvalue weighted by molar-refractivity contribution is 6.32. The number of halogens is 1. The van der Waals surface area contributed by atoms with Crippen molar-refractivity contribution in [2.45, 2.75) is 19.4 Å². The number of primary amides is 1. The number of anilines is 1. The van der Waals surface area contributed by atoms with E-state index < -0.39 is 23.9 Å². The molecule has 1 heterocycles. The lowest BCUT2D eigenvalue weighted by molar-refractivity contribution is -0.124. The molecule has 0 aliphatic rings. The van der Waals surface area contributed by atoms with Crippen LogP contribution in [0.3, 0.4) is 0 Å². The summed E-state index contributed by atoms with van der Waals surface area (Å²) in [5.41, 5.74) is 5.74. The van der Waals surface area contributed by atoms with Gasteiger partial charge in [0.25, 0.3) is 11.8 Å². The molecule has 1 aromatic carbocycles. The number of rotatable bonds is 6. The summed E-state index contributed by atoms with van der Waals surface area (Å²) in [6, 6.07) is 9.27. The first kappa shape index (κ1) is 18.4. The van der Waals surface area contributed by atoms with Crippen LogP contribution in [-0.2, 0) is 9.53 Å². The summed E-state index contributed by atoms with van der Waals surface area (Å²) < 4.78 is 5.21. The standard InChI is InChI=1S/C17H16ClN3O4/c1-2-13(25-17(24)11-7-5-9-20-14(11)18)16(23)21-12-8-4-3-6-10(12)15(19)22/h3-9,13H,2H2,1H3,(H2,19,22)(H,21,23). The fourth-order valence-corrected chi connectivity index (χ4v) is 2.27. The van der Waals surface area contributed by atoms with Gasteiger partial charge in [-0.3, -0.25) is 9.59 Å². The number of benzene rings is 1. The van der Waals surface area contributed by atoms with Crippen molar-refractivity contribution >= 4 is 35.1 Å². The summed E-state index contributed by atoms with van der Waals surface area (Å²) in [5, 5.41) is 2.54. The van der Waals surface area contributed by atoms with Crippen molar-refractivity contribution in [1.82, 2.24) is 4.98 Å². The fourth-order valence-electron chi connectivity index (χ4n) is 2.07. The Morgan fingerprint density at radius 2 is 1.88 bits per heavy atom. The molecule has 8 heteroatoms. The first-order valence-corrected chi connectivity index (χ1v) is 7.83. The number of aromatic nitrogens is 1. The molecule has 130 valence electrons. The first-order valence-electron chi connectivity index (χ1n) is 7.45. The molecule has 2 aromatic rings. The second-order valence-electron chi connectivity index (χ2n) is 5.04. The number of pyridine rings is 1. The Morgan fingerprint density at radius 3 is 2.52 bits per heavy atom. The molecular formula is C17H16ClN3O4. The highest BCUT2D eigenvalue weighted by atomic mass is 35.5. The number of carbonyl (C=O) groups excluding carboxylic acids is 3. The Balaban J connectivity index is 2.13. The van der Waals surface area contributed by atoms with Crippen LogP contribution in [0.25, 0.3) is 0 Å². The minimum atomic E-state index is -1.07. The van der Waals surface area contributed by atoms with Crippen molar-refractivity contribution in [3.05, 3.63) is 58.9 Å². The minimum absolute atomic E-state index is 0.0122. The third-order valence-electron chi connectivity index (χ3n) is 3.34. The number of para-hydroxylation sites is 1. The lowest BCUT2D eigenvalue weighted by Gasteiger charge is -2.17.